The highest BCUT2D eigenvalue weighted by Crippen LogP contribution is 2.50. The van der Waals surface area contributed by atoms with Gasteiger partial charge in [0.2, 0.25) is 0 Å². The summed E-state index contributed by atoms with van der Waals surface area (Å²) in [7, 11) is 0. The zero-order valence-electron chi connectivity index (χ0n) is 10.5. The minimum atomic E-state index is -0.732. The van der Waals surface area contributed by atoms with Gasteiger partial charge in [0.05, 0.1) is 17.9 Å². The molecule has 1 fully saturated rings. The summed E-state index contributed by atoms with van der Waals surface area (Å²) in [6, 6.07) is 15.1. The Morgan fingerprint density at radius 2 is 1.40 bits per heavy atom. The molecule has 2 aromatic carbocycles. The first-order valence-corrected chi connectivity index (χ1v) is 7.89. The van der Waals surface area contributed by atoms with Gasteiger partial charge in [0.15, 0.2) is 0 Å². The predicted molar refractivity (Wildman–Crippen MR) is 84.5 cm³/mol. The molecule has 2 aromatic rings. The Hall–Kier alpha value is -0.970. The molecule has 4 heteroatoms. The molecule has 1 aliphatic carbocycles. The fraction of sp³-hybridized carbons (Fsp3) is 0.188. The molecule has 0 aromatic heterocycles. The first-order valence-electron chi connectivity index (χ1n) is 6.30. The van der Waals surface area contributed by atoms with Crippen molar-refractivity contribution in [1.29, 1.82) is 0 Å². The molecule has 0 radical (unpaired) electrons. The normalized spacial score (nSPS) is 22.6. The molecular formula is C16H12Br2O2. The van der Waals surface area contributed by atoms with Crippen molar-refractivity contribution in [1.82, 2.24) is 0 Å². The van der Waals surface area contributed by atoms with Gasteiger partial charge in [0, 0.05) is 8.95 Å². The van der Waals surface area contributed by atoms with Gasteiger partial charge >= 0.3 is 0 Å². The number of rotatable bonds is 3. The monoisotopic (exact) mass is 394 g/mol. The fourth-order valence-electron chi connectivity index (χ4n) is 2.51. The van der Waals surface area contributed by atoms with Crippen LogP contribution in [0.25, 0.3) is 0 Å². The van der Waals surface area contributed by atoms with E-state index in [1.54, 1.807) is 0 Å². The van der Waals surface area contributed by atoms with Gasteiger partial charge in [-0.25, -0.2) is 0 Å². The zero-order chi connectivity index (χ0) is 14.3. The lowest BCUT2D eigenvalue weighted by Gasteiger charge is -2.09. The molecule has 0 heterocycles. The third kappa shape index (κ3) is 2.60. The number of benzene rings is 2. The number of aliphatic hydroxyl groups is 1. The van der Waals surface area contributed by atoms with Gasteiger partial charge in [-0.05, 0) is 35.4 Å². The van der Waals surface area contributed by atoms with Crippen molar-refractivity contribution in [3.63, 3.8) is 0 Å². The van der Waals surface area contributed by atoms with Crippen molar-refractivity contribution < 1.29 is 9.90 Å². The predicted octanol–water partition coefficient (Wildman–Crippen LogP) is 4.23. The molecule has 1 saturated carbocycles. The van der Waals surface area contributed by atoms with Crippen LogP contribution in [0.1, 0.15) is 23.1 Å². The largest absolute Gasteiger partial charge is 0.388 e. The van der Waals surface area contributed by atoms with Crippen LogP contribution >= 0.6 is 31.9 Å². The molecular weight excluding hydrogens is 384 g/mol. The number of carbonyl (C=O) groups is 1. The summed E-state index contributed by atoms with van der Waals surface area (Å²) in [6.45, 7) is 0. The van der Waals surface area contributed by atoms with Gasteiger partial charge < -0.3 is 5.11 Å². The van der Waals surface area contributed by atoms with Crippen molar-refractivity contribution in [3.05, 3.63) is 68.6 Å². The molecule has 3 unspecified atom stereocenters. The summed E-state index contributed by atoms with van der Waals surface area (Å²) in [4.78, 5) is 12.0. The molecule has 3 atom stereocenters. The van der Waals surface area contributed by atoms with Crippen LogP contribution in [0.2, 0.25) is 0 Å². The van der Waals surface area contributed by atoms with Gasteiger partial charge in [-0.1, -0.05) is 56.1 Å². The number of Topliss-reactive ketones (excluding diaryl/α,β-unsaturated/α-hetero) is 1. The Labute approximate surface area is 134 Å². The highest BCUT2D eigenvalue weighted by molar-refractivity contribution is 9.10. The average Bonchev–Trinajstić information content (AvgIpc) is 3.11. The molecule has 1 N–H and O–H groups in total. The Morgan fingerprint density at radius 3 is 1.95 bits per heavy atom. The standard InChI is InChI=1S/C16H12Br2O2/c17-11-5-1-9(2-6-11)13-14(16(13)20)15(19)10-3-7-12(18)8-4-10/h1-8,13-15,19H. The van der Waals surface area contributed by atoms with E-state index in [1.165, 1.54) is 0 Å². The lowest BCUT2D eigenvalue weighted by molar-refractivity contribution is -0.112. The molecule has 0 bridgehead atoms. The molecule has 1 aliphatic rings. The van der Waals surface area contributed by atoms with Crippen LogP contribution in [0.4, 0.5) is 0 Å². The summed E-state index contributed by atoms with van der Waals surface area (Å²) in [6.07, 6.45) is -0.732. The van der Waals surface area contributed by atoms with Crippen LogP contribution in [-0.2, 0) is 4.79 Å². The van der Waals surface area contributed by atoms with Gasteiger partial charge in [-0.15, -0.1) is 0 Å². The Kier molecular flexibility index (Phi) is 3.80. The second-order valence-electron chi connectivity index (χ2n) is 4.95. The molecule has 0 saturated heterocycles. The third-order valence-corrected chi connectivity index (χ3v) is 4.72. The lowest BCUT2D eigenvalue weighted by Crippen LogP contribution is -2.02. The number of aliphatic hydroxyl groups excluding tert-OH is 1. The maximum absolute atomic E-state index is 12.0. The van der Waals surface area contributed by atoms with Gasteiger partial charge in [0.1, 0.15) is 5.78 Å². The third-order valence-electron chi connectivity index (χ3n) is 3.67. The summed E-state index contributed by atoms with van der Waals surface area (Å²) < 4.78 is 1.94. The van der Waals surface area contributed by atoms with Crippen molar-refractivity contribution in [3.8, 4) is 0 Å². The van der Waals surface area contributed by atoms with Crippen LogP contribution in [0.3, 0.4) is 0 Å². The van der Waals surface area contributed by atoms with E-state index in [4.69, 9.17) is 0 Å². The van der Waals surface area contributed by atoms with E-state index < -0.39 is 6.10 Å². The Morgan fingerprint density at radius 1 is 0.900 bits per heavy atom. The first kappa shape index (κ1) is 14.0. The quantitative estimate of drug-likeness (QED) is 0.844. The van der Waals surface area contributed by atoms with Crippen LogP contribution in [0.15, 0.2) is 57.5 Å². The molecule has 0 amide bonds. The van der Waals surface area contributed by atoms with Crippen LogP contribution in [0, 0.1) is 5.92 Å². The number of hydrogen-bond acceptors (Lipinski definition) is 2. The number of halogens is 2. The zero-order valence-corrected chi connectivity index (χ0v) is 13.6. The highest BCUT2D eigenvalue weighted by atomic mass is 79.9. The maximum Gasteiger partial charge on any atom is 0.148 e. The minimum absolute atomic E-state index is 0.114. The lowest BCUT2D eigenvalue weighted by atomic mass is 10.0. The second-order valence-corrected chi connectivity index (χ2v) is 6.79. The average molecular weight is 396 g/mol. The number of ketones is 1. The van der Waals surface area contributed by atoms with Crippen molar-refractivity contribution in [2.24, 2.45) is 5.92 Å². The molecule has 2 nitrogen and oxygen atoms in total. The van der Waals surface area contributed by atoms with Crippen molar-refractivity contribution >= 4 is 37.6 Å². The maximum atomic E-state index is 12.0. The first-order chi connectivity index (χ1) is 9.58. The molecule has 0 aliphatic heterocycles. The number of carbonyl (C=O) groups excluding carboxylic acids is 1. The minimum Gasteiger partial charge on any atom is -0.388 e. The van der Waals surface area contributed by atoms with Crippen LogP contribution < -0.4 is 0 Å². The highest BCUT2D eigenvalue weighted by Gasteiger charge is 2.54. The van der Waals surface area contributed by atoms with Crippen LogP contribution in [-0.4, -0.2) is 10.9 Å². The number of hydrogen-bond donors (Lipinski definition) is 1. The topological polar surface area (TPSA) is 37.3 Å². The second kappa shape index (κ2) is 5.43. The van der Waals surface area contributed by atoms with E-state index in [9.17, 15) is 9.90 Å². The molecule has 102 valence electrons. The Bertz CT molecular complexity index is 635. The molecule has 20 heavy (non-hydrogen) atoms. The van der Waals surface area contributed by atoms with Gasteiger partial charge in [-0.3, -0.25) is 4.79 Å². The van der Waals surface area contributed by atoms with Crippen molar-refractivity contribution in [2.75, 3.05) is 0 Å². The smallest absolute Gasteiger partial charge is 0.148 e. The van der Waals surface area contributed by atoms with E-state index >= 15 is 0 Å². The van der Waals surface area contributed by atoms with E-state index in [0.29, 0.717) is 0 Å². The summed E-state index contributed by atoms with van der Waals surface area (Å²) in [5, 5.41) is 10.4. The summed E-state index contributed by atoms with van der Waals surface area (Å²) >= 11 is 6.74. The van der Waals surface area contributed by atoms with Crippen molar-refractivity contribution in [2.45, 2.75) is 12.0 Å². The molecule has 3 rings (SSSR count). The SMILES string of the molecule is O=C1C(c2ccc(Br)cc2)C1C(O)c1ccc(Br)cc1. The van der Waals surface area contributed by atoms with E-state index in [-0.39, 0.29) is 17.6 Å². The molecule has 0 spiro atoms. The fourth-order valence-corrected chi connectivity index (χ4v) is 3.03. The summed E-state index contributed by atoms with van der Waals surface area (Å²) in [5.74, 6) is -0.387. The van der Waals surface area contributed by atoms with E-state index in [0.717, 1.165) is 20.1 Å². The summed E-state index contributed by atoms with van der Waals surface area (Å²) in [5.41, 5.74) is 1.76. The van der Waals surface area contributed by atoms with Gasteiger partial charge in [0.25, 0.3) is 0 Å². The Balaban J connectivity index is 1.80. The van der Waals surface area contributed by atoms with Gasteiger partial charge in [-0.2, -0.15) is 0 Å². The van der Waals surface area contributed by atoms with Crippen LogP contribution in [0.5, 0.6) is 0 Å². The van der Waals surface area contributed by atoms with E-state index in [1.807, 2.05) is 48.5 Å². The van der Waals surface area contributed by atoms with E-state index in [2.05, 4.69) is 31.9 Å².